The van der Waals surface area contributed by atoms with E-state index in [1.165, 1.54) is 0 Å². The van der Waals surface area contributed by atoms with E-state index >= 15 is 0 Å². The van der Waals surface area contributed by atoms with Crippen LogP contribution in [0.4, 0.5) is 4.79 Å². The Hall–Kier alpha value is -1.79. The van der Waals surface area contributed by atoms with Gasteiger partial charge in [-0.25, -0.2) is 4.79 Å². The molecule has 0 aromatic rings. The van der Waals surface area contributed by atoms with Gasteiger partial charge >= 0.3 is 6.09 Å². The molecule has 23 heavy (non-hydrogen) atoms. The van der Waals surface area contributed by atoms with Crippen molar-refractivity contribution in [3.63, 3.8) is 0 Å². The smallest absolute Gasteiger partial charge is 0.409 e. The van der Waals surface area contributed by atoms with E-state index in [0.29, 0.717) is 45.9 Å². The van der Waals surface area contributed by atoms with E-state index in [4.69, 9.17) is 4.74 Å². The van der Waals surface area contributed by atoms with E-state index in [9.17, 15) is 14.4 Å². The van der Waals surface area contributed by atoms with Crippen molar-refractivity contribution in [2.45, 2.75) is 34.6 Å². The van der Waals surface area contributed by atoms with Crippen molar-refractivity contribution in [3.05, 3.63) is 0 Å². The van der Waals surface area contributed by atoms with Gasteiger partial charge in [0, 0.05) is 39.3 Å². The number of amides is 3. The monoisotopic (exact) mass is 327 g/mol. The van der Waals surface area contributed by atoms with Gasteiger partial charge < -0.3 is 19.4 Å². The number of hydrogen-bond acceptors (Lipinski definition) is 4. The molecule has 0 spiro atoms. The van der Waals surface area contributed by atoms with Crippen molar-refractivity contribution in [2.75, 3.05) is 45.9 Å². The average molecular weight is 327 g/mol. The largest absolute Gasteiger partial charge is 0.450 e. The van der Waals surface area contributed by atoms with Gasteiger partial charge in [-0.05, 0) is 34.6 Å². The second-order valence-electron chi connectivity index (χ2n) is 6.08. The summed E-state index contributed by atoms with van der Waals surface area (Å²) in [5.41, 5.74) is -1.09. The summed E-state index contributed by atoms with van der Waals surface area (Å²) in [5, 5.41) is 0. The Balaban J connectivity index is 2.68. The summed E-state index contributed by atoms with van der Waals surface area (Å²) < 4.78 is 4.97. The number of carbonyl (C=O) groups is 3. The molecule has 0 bridgehead atoms. The normalized spacial score (nSPS) is 15.3. The fourth-order valence-electron chi connectivity index (χ4n) is 2.70. The van der Waals surface area contributed by atoms with Crippen molar-refractivity contribution in [1.82, 2.24) is 14.7 Å². The van der Waals surface area contributed by atoms with Crippen molar-refractivity contribution in [1.29, 1.82) is 0 Å². The third kappa shape index (κ3) is 4.36. The molecule has 3 amide bonds. The number of hydrogen-bond donors (Lipinski definition) is 0. The Morgan fingerprint density at radius 2 is 1.43 bits per heavy atom. The van der Waals surface area contributed by atoms with E-state index < -0.39 is 5.41 Å². The van der Waals surface area contributed by atoms with Crippen molar-refractivity contribution in [2.24, 2.45) is 5.41 Å². The molecule has 0 aromatic carbocycles. The lowest BCUT2D eigenvalue weighted by Gasteiger charge is -2.38. The standard InChI is InChI=1S/C16H29N3O4/c1-6-17(7-2)13(20)16(4,5)14(21)18-9-11-19(12-10-18)15(22)23-8-3/h6-12H2,1-5H3. The summed E-state index contributed by atoms with van der Waals surface area (Å²) in [4.78, 5) is 41.9. The van der Waals surface area contributed by atoms with E-state index in [-0.39, 0.29) is 17.9 Å². The number of piperazine rings is 1. The number of rotatable bonds is 5. The first kappa shape index (κ1) is 19.3. The molecule has 0 radical (unpaired) electrons. The molecule has 1 fully saturated rings. The van der Waals surface area contributed by atoms with Gasteiger partial charge in [-0.15, -0.1) is 0 Å². The molecular formula is C16H29N3O4. The second-order valence-corrected chi connectivity index (χ2v) is 6.08. The van der Waals surface area contributed by atoms with Crippen molar-refractivity contribution >= 4 is 17.9 Å². The number of carbonyl (C=O) groups excluding carboxylic acids is 3. The molecule has 0 unspecified atom stereocenters. The van der Waals surface area contributed by atoms with Crippen LogP contribution in [-0.2, 0) is 14.3 Å². The minimum absolute atomic E-state index is 0.152. The van der Waals surface area contributed by atoms with Crippen LogP contribution < -0.4 is 0 Å². The first-order valence-corrected chi connectivity index (χ1v) is 8.29. The number of ether oxygens (including phenoxy) is 1. The van der Waals surface area contributed by atoms with E-state index in [1.54, 1.807) is 35.5 Å². The Kier molecular flexibility index (Phi) is 6.84. The van der Waals surface area contributed by atoms with E-state index in [1.807, 2.05) is 13.8 Å². The van der Waals surface area contributed by atoms with E-state index in [2.05, 4.69) is 0 Å². The topological polar surface area (TPSA) is 70.2 Å². The molecule has 1 rings (SSSR count). The summed E-state index contributed by atoms with van der Waals surface area (Å²) in [6, 6.07) is 0. The predicted molar refractivity (Wildman–Crippen MR) is 86.9 cm³/mol. The lowest BCUT2D eigenvalue weighted by molar-refractivity contribution is -0.154. The SMILES string of the molecule is CCOC(=O)N1CCN(C(=O)C(C)(C)C(=O)N(CC)CC)CC1. The lowest BCUT2D eigenvalue weighted by Crippen LogP contribution is -2.56. The summed E-state index contributed by atoms with van der Waals surface area (Å²) in [6.07, 6.45) is -0.349. The Labute approximate surface area is 138 Å². The van der Waals surface area contributed by atoms with E-state index in [0.717, 1.165) is 0 Å². The molecule has 0 N–H and O–H groups in total. The first-order valence-electron chi connectivity index (χ1n) is 8.29. The second kappa shape index (κ2) is 8.17. The molecule has 1 saturated heterocycles. The van der Waals surface area contributed by atoms with Gasteiger partial charge in [-0.1, -0.05) is 0 Å². The molecule has 7 heteroatoms. The van der Waals surface area contributed by atoms with Gasteiger partial charge in [0.05, 0.1) is 6.61 Å². The van der Waals surface area contributed by atoms with Crippen LogP contribution in [0.1, 0.15) is 34.6 Å². The maximum absolute atomic E-state index is 12.7. The van der Waals surface area contributed by atoms with Gasteiger partial charge in [0.25, 0.3) is 0 Å². The molecule has 132 valence electrons. The fourth-order valence-corrected chi connectivity index (χ4v) is 2.70. The maximum atomic E-state index is 12.7. The molecular weight excluding hydrogens is 298 g/mol. The summed E-state index contributed by atoms with van der Waals surface area (Å²) >= 11 is 0. The maximum Gasteiger partial charge on any atom is 0.409 e. The molecule has 1 heterocycles. The predicted octanol–water partition coefficient (Wildman–Crippen LogP) is 1.18. The molecule has 0 saturated carbocycles. The summed E-state index contributed by atoms with van der Waals surface area (Å²) in [5.74, 6) is -0.335. The zero-order chi connectivity index (χ0) is 17.6. The number of nitrogens with zero attached hydrogens (tertiary/aromatic N) is 3. The van der Waals surface area contributed by atoms with Crippen LogP contribution in [0.25, 0.3) is 0 Å². The Bertz CT molecular complexity index is 439. The van der Waals surface area contributed by atoms with Gasteiger partial charge in [-0.3, -0.25) is 9.59 Å². The molecule has 1 aliphatic rings. The third-order valence-electron chi connectivity index (χ3n) is 4.21. The highest BCUT2D eigenvalue weighted by Gasteiger charge is 2.42. The van der Waals surface area contributed by atoms with Crippen LogP contribution in [0.5, 0.6) is 0 Å². The van der Waals surface area contributed by atoms with Crippen LogP contribution in [0.2, 0.25) is 0 Å². The van der Waals surface area contributed by atoms with Crippen molar-refractivity contribution < 1.29 is 19.1 Å². The fraction of sp³-hybridized carbons (Fsp3) is 0.812. The summed E-state index contributed by atoms with van der Waals surface area (Å²) in [7, 11) is 0. The minimum Gasteiger partial charge on any atom is -0.450 e. The summed E-state index contributed by atoms with van der Waals surface area (Å²) in [6.45, 7) is 12.1. The highest BCUT2D eigenvalue weighted by Crippen LogP contribution is 2.23. The molecule has 7 nitrogen and oxygen atoms in total. The highest BCUT2D eigenvalue weighted by molar-refractivity contribution is 6.04. The quantitative estimate of drug-likeness (QED) is 0.711. The first-order chi connectivity index (χ1) is 10.8. The molecule has 0 atom stereocenters. The van der Waals surface area contributed by atoms with Crippen LogP contribution in [-0.4, -0.2) is 78.5 Å². The zero-order valence-electron chi connectivity index (χ0n) is 14.9. The van der Waals surface area contributed by atoms with Gasteiger partial charge in [-0.2, -0.15) is 0 Å². The molecule has 0 aliphatic carbocycles. The van der Waals surface area contributed by atoms with Crippen LogP contribution in [0.3, 0.4) is 0 Å². The Morgan fingerprint density at radius 3 is 1.87 bits per heavy atom. The zero-order valence-corrected chi connectivity index (χ0v) is 14.9. The van der Waals surface area contributed by atoms with Gasteiger partial charge in [0.2, 0.25) is 11.8 Å². The minimum atomic E-state index is -1.09. The van der Waals surface area contributed by atoms with Crippen LogP contribution in [0.15, 0.2) is 0 Å². The van der Waals surface area contributed by atoms with Crippen molar-refractivity contribution in [3.8, 4) is 0 Å². The average Bonchev–Trinajstić information content (AvgIpc) is 2.55. The highest BCUT2D eigenvalue weighted by atomic mass is 16.6. The lowest BCUT2D eigenvalue weighted by atomic mass is 9.89. The molecule has 0 aromatic heterocycles. The Morgan fingerprint density at radius 1 is 0.957 bits per heavy atom. The van der Waals surface area contributed by atoms with Gasteiger partial charge in [0.15, 0.2) is 0 Å². The van der Waals surface area contributed by atoms with Gasteiger partial charge in [0.1, 0.15) is 5.41 Å². The third-order valence-corrected chi connectivity index (χ3v) is 4.21. The van der Waals surface area contributed by atoms with Crippen LogP contribution >= 0.6 is 0 Å². The molecule has 1 aliphatic heterocycles. The van der Waals surface area contributed by atoms with Crippen LogP contribution in [0, 0.1) is 5.41 Å².